The highest BCUT2D eigenvalue weighted by molar-refractivity contribution is 5.77. The van der Waals surface area contributed by atoms with E-state index in [2.05, 4.69) is 20.6 Å². The summed E-state index contributed by atoms with van der Waals surface area (Å²) in [5.41, 5.74) is 1.75. The maximum atomic E-state index is 5.63. The molecule has 0 aliphatic carbocycles. The fourth-order valence-electron chi connectivity index (χ4n) is 2.65. The van der Waals surface area contributed by atoms with Crippen LogP contribution in [0.5, 0.6) is 5.88 Å². The normalized spacial score (nSPS) is 18.6. The number of anilines is 1. The third kappa shape index (κ3) is 3.42. The van der Waals surface area contributed by atoms with Gasteiger partial charge in [-0.3, -0.25) is 0 Å². The molecule has 1 saturated heterocycles. The summed E-state index contributed by atoms with van der Waals surface area (Å²) in [5, 5.41) is 6.93. The first kappa shape index (κ1) is 14.1. The first-order valence-electron chi connectivity index (χ1n) is 7.73. The molecule has 2 N–H and O–H groups in total. The summed E-state index contributed by atoms with van der Waals surface area (Å²) in [5.74, 6) is 1.33. The van der Waals surface area contributed by atoms with Crippen molar-refractivity contribution in [2.45, 2.75) is 32.2 Å². The first-order valence-corrected chi connectivity index (χ1v) is 7.73. The monoisotopic (exact) mass is 286 g/mol. The zero-order chi connectivity index (χ0) is 14.5. The summed E-state index contributed by atoms with van der Waals surface area (Å²) in [6, 6.07) is 8.37. The Labute approximate surface area is 125 Å². The van der Waals surface area contributed by atoms with E-state index in [-0.39, 0.29) is 0 Å². The third-order valence-electron chi connectivity index (χ3n) is 3.75. The molecule has 0 saturated carbocycles. The Hall–Kier alpha value is -1.88. The Morgan fingerprint density at radius 1 is 1.24 bits per heavy atom. The lowest BCUT2D eigenvalue weighted by Gasteiger charge is -2.24. The van der Waals surface area contributed by atoms with Crippen LogP contribution in [0.15, 0.2) is 24.3 Å². The van der Waals surface area contributed by atoms with Gasteiger partial charge in [-0.2, -0.15) is 0 Å². The Kier molecular flexibility index (Phi) is 4.50. The SMILES string of the molecule is CCOc1nc2ccccc2nc1NCC1CCCCN1. The molecule has 1 aliphatic rings. The van der Waals surface area contributed by atoms with E-state index in [0.717, 1.165) is 29.9 Å². The second kappa shape index (κ2) is 6.72. The summed E-state index contributed by atoms with van der Waals surface area (Å²) in [4.78, 5) is 9.21. The molecule has 1 aromatic heterocycles. The van der Waals surface area contributed by atoms with Gasteiger partial charge in [-0.1, -0.05) is 18.6 Å². The van der Waals surface area contributed by atoms with E-state index in [0.29, 0.717) is 18.5 Å². The Balaban J connectivity index is 1.79. The molecule has 5 nitrogen and oxygen atoms in total. The van der Waals surface area contributed by atoms with E-state index in [1.54, 1.807) is 0 Å². The molecule has 1 atom stereocenters. The van der Waals surface area contributed by atoms with Gasteiger partial charge in [0.1, 0.15) is 0 Å². The highest BCUT2D eigenvalue weighted by Crippen LogP contribution is 2.23. The molecule has 2 aromatic rings. The maximum Gasteiger partial charge on any atom is 0.258 e. The van der Waals surface area contributed by atoms with Crippen LogP contribution in [0.4, 0.5) is 5.82 Å². The van der Waals surface area contributed by atoms with Gasteiger partial charge < -0.3 is 15.4 Å². The molecule has 0 radical (unpaired) electrons. The highest BCUT2D eigenvalue weighted by atomic mass is 16.5. The molecule has 1 aliphatic heterocycles. The smallest absolute Gasteiger partial charge is 0.258 e. The van der Waals surface area contributed by atoms with Crippen molar-refractivity contribution in [1.82, 2.24) is 15.3 Å². The van der Waals surface area contributed by atoms with Gasteiger partial charge in [0.15, 0.2) is 5.82 Å². The Morgan fingerprint density at radius 3 is 2.76 bits per heavy atom. The second-order valence-corrected chi connectivity index (χ2v) is 5.33. The van der Waals surface area contributed by atoms with Crippen molar-refractivity contribution in [3.05, 3.63) is 24.3 Å². The number of piperidine rings is 1. The van der Waals surface area contributed by atoms with Gasteiger partial charge in [-0.25, -0.2) is 9.97 Å². The number of hydrogen-bond acceptors (Lipinski definition) is 5. The molecule has 0 bridgehead atoms. The van der Waals surface area contributed by atoms with Crippen molar-refractivity contribution >= 4 is 16.9 Å². The quantitative estimate of drug-likeness (QED) is 0.884. The zero-order valence-electron chi connectivity index (χ0n) is 12.4. The van der Waals surface area contributed by atoms with E-state index in [9.17, 15) is 0 Å². The van der Waals surface area contributed by atoms with Crippen LogP contribution in [0.3, 0.4) is 0 Å². The van der Waals surface area contributed by atoms with E-state index in [1.807, 2.05) is 31.2 Å². The van der Waals surface area contributed by atoms with Crippen molar-refractivity contribution in [2.75, 3.05) is 25.0 Å². The van der Waals surface area contributed by atoms with Crippen LogP contribution in [-0.4, -0.2) is 35.7 Å². The molecule has 5 heteroatoms. The van der Waals surface area contributed by atoms with Crippen LogP contribution in [-0.2, 0) is 0 Å². The summed E-state index contributed by atoms with van der Waals surface area (Å²) in [6.07, 6.45) is 3.77. The number of fused-ring (bicyclic) bond motifs is 1. The fraction of sp³-hybridized carbons (Fsp3) is 0.500. The largest absolute Gasteiger partial charge is 0.475 e. The highest BCUT2D eigenvalue weighted by Gasteiger charge is 2.15. The zero-order valence-corrected chi connectivity index (χ0v) is 12.4. The topological polar surface area (TPSA) is 59.1 Å². The molecule has 1 aromatic carbocycles. The predicted octanol–water partition coefficient (Wildman–Crippen LogP) is 2.58. The molecule has 112 valence electrons. The average Bonchev–Trinajstić information content (AvgIpc) is 2.54. The molecule has 3 rings (SSSR count). The molecule has 2 heterocycles. The maximum absolute atomic E-state index is 5.63. The minimum absolute atomic E-state index is 0.501. The second-order valence-electron chi connectivity index (χ2n) is 5.33. The first-order chi connectivity index (χ1) is 10.4. The lowest BCUT2D eigenvalue weighted by Crippen LogP contribution is -2.39. The summed E-state index contributed by atoms with van der Waals surface area (Å²) in [7, 11) is 0. The molecule has 1 fully saturated rings. The molecular weight excluding hydrogens is 264 g/mol. The minimum Gasteiger partial charge on any atom is -0.475 e. The predicted molar refractivity (Wildman–Crippen MR) is 84.8 cm³/mol. The fourth-order valence-corrected chi connectivity index (χ4v) is 2.65. The van der Waals surface area contributed by atoms with Crippen LogP contribution in [0.2, 0.25) is 0 Å². The molecular formula is C16H22N4O. The lowest BCUT2D eigenvalue weighted by molar-refractivity contribution is 0.328. The molecule has 0 spiro atoms. The van der Waals surface area contributed by atoms with Crippen molar-refractivity contribution < 1.29 is 4.74 Å². The van der Waals surface area contributed by atoms with Gasteiger partial charge in [0, 0.05) is 12.6 Å². The van der Waals surface area contributed by atoms with Crippen LogP contribution < -0.4 is 15.4 Å². The number of para-hydroxylation sites is 2. The van der Waals surface area contributed by atoms with Crippen LogP contribution in [0.25, 0.3) is 11.0 Å². The van der Waals surface area contributed by atoms with E-state index >= 15 is 0 Å². The number of benzene rings is 1. The number of rotatable bonds is 5. The average molecular weight is 286 g/mol. The lowest BCUT2D eigenvalue weighted by atomic mass is 10.1. The van der Waals surface area contributed by atoms with E-state index in [4.69, 9.17) is 4.74 Å². The van der Waals surface area contributed by atoms with Gasteiger partial charge in [0.2, 0.25) is 0 Å². The number of aromatic nitrogens is 2. The molecule has 0 amide bonds. The molecule has 1 unspecified atom stereocenters. The minimum atomic E-state index is 0.501. The Morgan fingerprint density at radius 2 is 2.05 bits per heavy atom. The van der Waals surface area contributed by atoms with Crippen molar-refractivity contribution in [2.24, 2.45) is 0 Å². The number of hydrogen-bond donors (Lipinski definition) is 2. The number of ether oxygens (including phenoxy) is 1. The van der Waals surface area contributed by atoms with Gasteiger partial charge in [0.05, 0.1) is 17.6 Å². The Bertz CT molecular complexity index is 596. The van der Waals surface area contributed by atoms with Crippen molar-refractivity contribution in [3.63, 3.8) is 0 Å². The van der Waals surface area contributed by atoms with Crippen LogP contribution in [0.1, 0.15) is 26.2 Å². The summed E-state index contributed by atoms with van der Waals surface area (Å²) < 4.78 is 5.63. The summed E-state index contributed by atoms with van der Waals surface area (Å²) >= 11 is 0. The van der Waals surface area contributed by atoms with E-state index in [1.165, 1.54) is 19.3 Å². The van der Waals surface area contributed by atoms with Gasteiger partial charge in [-0.15, -0.1) is 0 Å². The standard InChI is InChI=1S/C16H22N4O/c1-2-21-16-15(18-11-12-7-5-6-10-17-12)19-13-8-3-4-9-14(13)20-16/h3-4,8-9,12,17H,2,5-7,10-11H2,1H3,(H,18,19). The summed E-state index contributed by atoms with van der Waals surface area (Å²) in [6.45, 7) is 4.51. The number of nitrogens with zero attached hydrogens (tertiary/aromatic N) is 2. The number of nitrogens with one attached hydrogen (secondary N) is 2. The van der Waals surface area contributed by atoms with Crippen LogP contribution in [0, 0.1) is 0 Å². The van der Waals surface area contributed by atoms with Crippen molar-refractivity contribution in [1.29, 1.82) is 0 Å². The molecule has 21 heavy (non-hydrogen) atoms. The van der Waals surface area contributed by atoms with Gasteiger partial charge in [0.25, 0.3) is 5.88 Å². The van der Waals surface area contributed by atoms with Crippen LogP contribution >= 0.6 is 0 Å². The van der Waals surface area contributed by atoms with Gasteiger partial charge >= 0.3 is 0 Å². The van der Waals surface area contributed by atoms with E-state index < -0.39 is 0 Å². The van der Waals surface area contributed by atoms with Gasteiger partial charge in [-0.05, 0) is 38.4 Å². The third-order valence-corrected chi connectivity index (χ3v) is 3.75. The van der Waals surface area contributed by atoms with Crippen molar-refractivity contribution in [3.8, 4) is 5.88 Å².